The topological polar surface area (TPSA) is 87.3 Å². The quantitative estimate of drug-likeness (QED) is 0.661. The van der Waals surface area contributed by atoms with E-state index in [0.29, 0.717) is 29.7 Å². The fraction of sp³-hybridized carbons (Fsp3) is 0.273. The molecule has 6 heteroatoms. The molecule has 4 rings (SSSR count). The van der Waals surface area contributed by atoms with Gasteiger partial charge in [0.05, 0.1) is 12.6 Å². The van der Waals surface area contributed by atoms with E-state index in [1.54, 1.807) is 7.11 Å². The van der Waals surface area contributed by atoms with Crippen LogP contribution in [0.3, 0.4) is 0 Å². The van der Waals surface area contributed by atoms with Gasteiger partial charge < -0.3 is 19.3 Å². The second kappa shape index (κ2) is 7.48. The molecule has 1 aliphatic carbocycles. The van der Waals surface area contributed by atoms with Crippen molar-refractivity contribution in [1.82, 2.24) is 10.2 Å². The predicted molar refractivity (Wildman–Crippen MR) is 107 cm³/mol. The van der Waals surface area contributed by atoms with Gasteiger partial charge in [0.2, 0.25) is 5.89 Å². The van der Waals surface area contributed by atoms with Crippen molar-refractivity contribution in [3.63, 3.8) is 0 Å². The van der Waals surface area contributed by atoms with Gasteiger partial charge in [-0.25, -0.2) is 0 Å². The molecule has 0 spiro atoms. The molecular weight excluding hydrogens is 354 g/mol. The van der Waals surface area contributed by atoms with Gasteiger partial charge in [0.25, 0.3) is 5.89 Å². The van der Waals surface area contributed by atoms with Gasteiger partial charge in [-0.3, -0.25) is 0 Å². The maximum Gasteiger partial charge on any atom is 0.283 e. The van der Waals surface area contributed by atoms with Gasteiger partial charge in [0.1, 0.15) is 11.5 Å². The van der Waals surface area contributed by atoms with Crippen LogP contribution in [-0.4, -0.2) is 17.3 Å². The Morgan fingerprint density at radius 1 is 1.07 bits per heavy atom. The van der Waals surface area contributed by atoms with Crippen LogP contribution in [0.4, 0.5) is 0 Å². The number of rotatable bonds is 6. The smallest absolute Gasteiger partial charge is 0.283 e. The number of hydrogen-bond donors (Lipinski definition) is 1. The summed E-state index contributed by atoms with van der Waals surface area (Å²) < 4.78 is 16.9. The standard InChI is InChI=1S/C22H23N3O3/c1-22(23,14-15-6-4-3-5-7-15)21-25-24-20(28-21)19-13-12-18(27-19)16-8-10-17(26-2)11-9-16/h3-4,6,8-13H,5,7,14,23H2,1-2H3/t22-/m1/s1. The van der Waals surface area contributed by atoms with Gasteiger partial charge in [-0.1, -0.05) is 23.8 Å². The van der Waals surface area contributed by atoms with Crippen LogP contribution in [0.5, 0.6) is 5.75 Å². The van der Waals surface area contributed by atoms with E-state index < -0.39 is 5.54 Å². The van der Waals surface area contributed by atoms with Gasteiger partial charge in [-0.15, -0.1) is 10.2 Å². The lowest BCUT2D eigenvalue weighted by Crippen LogP contribution is -2.34. The highest BCUT2D eigenvalue weighted by Gasteiger charge is 2.30. The van der Waals surface area contributed by atoms with Crippen molar-refractivity contribution in [1.29, 1.82) is 0 Å². The zero-order valence-electron chi connectivity index (χ0n) is 16.0. The highest BCUT2D eigenvalue weighted by Crippen LogP contribution is 2.32. The first-order chi connectivity index (χ1) is 13.5. The van der Waals surface area contributed by atoms with Crippen LogP contribution in [0.25, 0.3) is 23.0 Å². The molecule has 2 aromatic heterocycles. The molecule has 0 unspecified atom stereocenters. The zero-order chi connectivity index (χ0) is 19.6. The molecule has 2 N–H and O–H groups in total. The summed E-state index contributed by atoms with van der Waals surface area (Å²) in [6.45, 7) is 1.91. The van der Waals surface area contributed by atoms with E-state index in [2.05, 4.69) is 28.4 Å². The molecular formula is C22H23N3O3. The van der Waals surface area contributed by atoms with Gasteiger partial charge in [-0.2, -0.15) is 0 Å². The van der Waals surface area contributed by atoms with Crippen LogP contribution in [0, 0.1) is 0 Å². The molecule has 0 saturated carbocycles. The summed E-state index contributed by atoms with van der Waals surface area (Å²) in [6.07, 6.45) is 9.05. The summed E-state index contributed by atoms with van der Waals surface area (Å²) >= 11 is 0. The largest absolute Gasteiger partial charge is 0.497 e. The maximum atomic E-state index is 6.48. The highest BCUT2D eigenvalue weighted by atomic mass is 16.5. The molecule has 2 heterocycles. The number of methoxy groups -OCH3 is 1. The Morgan fingerprint density at radius 2 is 1.86 bits per heavy atom. The second-order valence-corrected chi connectivity index (χ2v) is 7.19. The van der Waals surface area contributed by atoms with Crippen LogP contribution in [0.15, 0.2) is 69.0 Å². The number of furan rings is 1. The lowest BCUT2D eigenvalue weighted by atomic mass is 9.89. The van der Waals surface area contributed by atoms with Crippen molar-refractivity contribution in [3.05, 3.63) is 66.1 Å². The highest BCUT2D eigenvalue weighted by molar-refractivity contribution is 5.61. The molecule has 144 valence electrons. The van der Waals surface area contributed by atoms with Crippen LogP contribution >= 0.6 is 0 Å². The van der Waals surface area contributed by atoms with Crippen molar-refractivity contribution in [2.75, 3.05) is 7.11 Å². The van der Waals surface area contributed by atoms with Crippen molar-refractivity contribution in [2.45, 2.75) is 31.7 Å². The van der Waals surface area contributed by atoms with Crippen LogP contribution in [-0.2, 0) is 5.54 Å². The zero-order valence-corrected chi connectivity index (χ0v) is 16.0. The Kier molecular flexibility index (Phi) is 4.88. The summed E-state index contributed by atoms with van der Waals surface area (Å²) in [7, 11) is 1.64. The van der Waals surface area contributed by atoms with Crippen molar-refractivity contribution in [3.8, 4) is 28.7 Å². The maximum absolute atomic E-state index is 6.48. The summed E-state index contributed by atoms with van der Waals surface area (Å²) in [5.41, 5.74) is 7.97. The Labute approximate surface area is 163 Å². The fourth-order valence-corrected chi connectivity index (χ4v) is 3.26. The number of nitrogens with two attached hydrogens (primary N) is 1. The van der Waals surface area contributed by atoms with Gasteiger partial charge in [0, 0.05) is 5.56 Å². The first-order valence-corrected chi connectivity index (χ1v) is 9.27. The molecule has 6 nitrogen and oxygen atoms in total. The Morgan fingerprint density at radius 3 is 2.57 bits per heavy atom. The van der Waals surface area contributed by atoms with E-state index in [4.69, 9.17) is 19.3 Å². The second-order valence-electron chi connectivity index (χ2n) is 7.19. The monoisotopic (exact) mass is 377 g/mol. The molecule has 0 aliphatic heterocycles. The van der Waals surface area contributed by atoms with E-state index in [0.717, 1.165) is 24.2 Å². The summed E-state index contributed by atoms with van der Waals surface area (Å²) in [6, 6.07) is 11.3. The van der Waals surface area contributed by atoms with Gasteiger partial charge >= 0.3 is 0 Å². The Hall–Kier alpha value is -3.12. The van der Waals surface area contributed by atoms with Crippen LogP contribution < -0.4 is 10.5 Å². The molecule has 3 aromatic rings. The first-order valence-electron chi connectivity index (χ1n) is 9.27. The molecule has 1 atom stereocenters. The fourth-order valence-electron chi connectivity index (χ4n) is 3.26. The minimum absolute atomic E-state index is 0.323. The molecule has 0 bridgehead atoms. The third-order valence-corrected chi connectivity index (χ3v) is 4.80. The van der Waals surface area contributed by atoms with Crippen LogP contribution in [0.2, 0.25) is 0 Å². The van der Waals surface area contributed by atoms with Crippen LogP contribution in [0.1, 0.15) is 32.1 Å². The lowest BCUT2D eigenvalue weighted by molar-refractivity contribution is 0.349. The van der Waals surface area contributed by atoms with Gasteiger partial charge in [-0.05, 0) is 62.6 Å². The SMILES string of the molecule is COc1ccc(-c2ccc(-c3nnc([C@](C)(N)CC4=CC=CCC4)o3)o2)cc1. The predicted octanol–water partition coefficient (Wildman–Crippen LogP) is 4.85. The number of ether oxygens (including phenoxy) is 1. The average Bonchev–Trinajstić information content (AvgIpc) is 3.38. The lowest BCUT2D eigenvalue weighted by Gasteiger charge is -2.22. The summed E-state index contributed by atoms with van der Waals surface area (Å²) in [5.74, 6) is 2.75. The van der Waals surface area contributed by atoms with E-state index in [9.17, 15) is 0 Å². The normalized spacial score (nSPS) is 15.9. The van der Waals surface area contributed by atoms with Crippen molar-refractivity contribution >= 4 is 0 Å². The third kappa shape index (κ3) is 3.77. The minimum Gasteiger partial charge on any atom is -0.497 e. The molecule has 0 fully saturated rings. The molecule has 1 aromatic carbocycles. The molecule has 28 heavy (non-hydrogen) atoms. The number of aromatic nitrogens is 2. The van der Waals surface area contributed by atoms with Crippen molar-refractivity contribution in [2.24, 2.45) is 5.73 Å². The number of allylic oxidation sites excluding steroid dienone is 3. The summed E-state index contributed by atoms with van der Waals surface area (Å²) in [4.78, 5) is 0. The molecule has 1 aliphatic rings. The number of hydrogen-bond acceptors (Lipinski definition) is 6. The first kappa shape index (κ1) is 18.3. The molecule has 0 amide bonds. The van der Waals surface area contributed by atoms with E-state index in [-0.39, 0.29) is 0 Å². The number of nitrogens with zero attached hydrogens (tertiary/aromatic N) is 2. The average molecular weight is 377 g/mol. The van der Waals surface area contributed by atoms with Crippen molar-refractivity contribution < 1.29 is 13.6 Å². The molecule has 0 saturated heterocycles. The molecule has 0 radical (unpaired) electrons. The number of benzene rings is 1. The summed E-state index contributed by atoms with van der Waals surface area (Å²) in [5, 5.41) is 8.31. The minimum atomic E-state index is -0.729. The van der Waals surface area contributed by atoms with Gasteiger partial charge in [0.15, 0.2) is 5.76 Å². The Balaban J connectivity index is 1.53. The van der Waals surface area contributed by atoms with E-state index in [1.165, 1.54) is 5.57 Å². The van der Waals surface area contributed by atoms with E-state index in [1.807, 2.05) is 43.3 Å². The third-order valence-electron chi connectivity index (χ3n) is 4.80. The Bertz CT molecular complexity index is 1010. The van der Waals surface area contributed by atoms with E-state index >= 15 is 0 Å².